The van der Waals surface area contributed by atoms with Crippen molar-refractivity contribution < 1.29 is 9.66 Å². The van der Waals surface area contributed by atoms with E-state index >= 15 is 0 Å². The summed E-state index contributed by atoms with van der Waals surface area (Å²) >= 11 is 0. The van der Waals surface area contributed by atoms with Crippen molar-refractivity contribution in [1.82, 2.24) is 5.32 Å². The second-order valence-corrected chi connectivity index (χ2v) is 4.26. The first-order valence-electron chi connectivity index (χ1n) is 6.13. The topological polar surface area (TPSA) is 64.4 Å². The molecule has 2 atom stereocenters. The first-order chi connectivity index (χ1) is 8.56. The third-order valence-electron chi connectivity index (χ3n) is 2.71. The third-order valence-corrected chi connectivity index (χ3v) is 2.71. The van der Waals surface area contributed by atoms with Crippen LogP contribution in [0.5, 0.6) is 0 Å². The molecule has 0 aliphatic carbocycles. The van der Waals surface area contributed by atoms with Crippen molar-refractivity contribution in [2.24, 2.45) is 0 Å². The molecule has 5 nitrogen and oxygen atoms in total. The fourth-order valence-electron chi connectivity index (χ4n) is 1.88. The summed E-state index contributed by atoms with van der Waals surface area (Å²) in [5, 5.41) is 14.2. The monoisotopic (exact) mass is 252 g/mol. The SMILES string of the molecule is CCOCC(C)NC(C)c1ccccc1[N+](=O)[O-]. The Labute approximate surface area is 107 Å². The van der Waals surface area contributed by atoms with Crippen LogP contribution in [0.25, 0.3) is 0 Å². The fourth-order valence-corrected chi connectivity index (χ4v) is 1.88. The molecule has 0 aliphatic rings. The maximum Gasteiger partial charge on any atom is 0.274 e. The van der Waals surface area contributed by atoms with Crippen LogP contribution >= 0.6 is 0 Å². The number of hydrogen-bond acceptors (Lipinski definition) is 4. The lowest BCUT2D eigenvalue weighted by molar-refractivity contribution is -0.385. The van der Waals surface area contributed by atoms with Crippen LogP contribution in [0.15, 0.2) is 24.3 Å². The van der Waals surface area contributed by atoms with E-state index in [1.807, 2.05) is 26.8 Å². The lowest BCUT2D eigenvalue weighted by Crippen LogP contribution is -2.33. The van der Waals surface area contributed by atoms with E-state index in [0.717, 1.165) is 0 Å². The molecule has 5 heteroatoms. The molecule has 1 aromatic carbocycles. The summed E-state index contributed by atoms with van der Waals surface area (Å²) in [7, 11) is 0. The van der Waals surface area contributed by atoms with Crippen LogP contribution in [-0.2, 0) is 4.74 Å². The van der Waals surface area contributed by atoms with Crippen molar-refractivity contribution in [1.29, 1.82) is 0 Å². The third kappa shape index (κ3) is 4.09. The lowest BCUT2D eigenvalue weighted by Gasteiger charge is -2.20. The Morgan fingerprint density at radius 2 is 2.06 bits per heavy atom. The van der Waals surface area contributed by atoms with Gasteiger partial charge in [0.1, 0.15) is 0 Å². The predicted octanol–water partition coefficient (Wildman–Crippen LogP) is 2.67. The van der Waals surface area contributed by atoms with E-state index < -0.39 is 0 Å². The average Bonchev–Trinajstić information content (AvgIpc) is 2.36. The van der Waals surface area contributed by atoms with Gasteiger partial charge in [-0.3, -0.25) is 10.1 Å². The van der Waals surface area contributed by atoms with Gasteiger partial charge >= 0.3 is 0 Å². The molecule has 0 heterocycles. The quantitative estimate of drug-likeness (QED) is 0.598. The van der Waals surface area contributed by atoms with Crippen LogP contribution in [0.2, 0.25) is 0 Å². The summed E-state index contributed by atoms with van der Waals surface area (Å²) in [5.41, 5.74) is 0.854. The molecule has 0 aromatic heterocycles. The number of para-hydroxylation sites is 1. The Bertz CT molecular complexity index is 396. The molecule has 0 fully saturated rings. The Morgan fingerprint density at radius 1 is 1.39 bits per heavy atom. The molecule has 100 valence electrons. The Morgan fingerprint density at radius 3 is 2.67 bits per heavy atom. The zero-order valence-corrected chi connectivity index (χ0v) is 11.1. The summed E-state index contributed by atoms with van der Waals surface area (Å²) in [4.78, 5) is 10.6. The summed E-state index contributed by atoms with van der Waals surface area (Å²) in [5.74, 6) is 0. The molecule has 0 saturated heterocycles. The maximum absolute atomic E-state index is 10.9. The number of hydrogen-bond donors (Lipinski definition) is 1. The highest BCUT2D eigenvalue weighted by molar-refractivity contribution is 5.41. The highest BCUT2D eigenvalue weighted by Gasteiger charge is 2.19. The Balaban J connectivity index is 2.71. The van der Waals surface area contributed by atoms with Gasteiger partial charge in [-0.15, -0.1) is 0 Å². The normalized spacial score (nSPS) is 14.2. The number of nitrogens with one attached hydrogen (secondary N) is 1. The predicted molar refractivity (Wildman–Crippen MR) is 70.6 cm³/mol. The van der Waals surface area contributed by atoms with Crippen molar-refractivity contribution in [3.8, 4) is 0 Å². The van der Waals surface area contributed by atoms with Crippen LogP contribution in [0.4, 0.5) is 5.69 Å². The van der Waals surface area contributed by atoms with Gasteiger partial charge in [-0.1, -0.05) is 18.2 Å². The van der Waals surface area contributed by atoms with Gasteiger partial charge < -0.3 is 10.1 Å². The van der Waals surface area contributed by atoms with Crippen LogP contribution in [0.1, 0.15) is 32.4 Å². The first kappa shape index (κ1) is 14.6. The van der Waals surface area contributed by atoms with E-state index in [1.54, 1.807) is 12.1 Å². The smallest absolute Gasteiger partial charge is 0.274 e. The number of ether oxygens (including phenoxy) is 1. The molecule has 2 unspecified atom stereocenters. The van der Waals surface area contributed by atoms with Crippen LogP contribution in [-0.4, -0.2) is 24.2 Å². The molecular weight excluding hydrogens is 232 g/mol. The van der Waals surface area contributed by atoms with Gasteiger partial charge in [0.15, 0.2) is 0 Å². The molecule has 18 heavy (non-hydrogen) atoms. The molecule has 0 aliphatic heterocycles. The Hall–Kier alpha value is -1.46. The number of nitro groups is 1. The fraction of sp³-hybridized carbons (Fsp3) is 0.538. The largest absolute Gasteiger partial charge is 0.380 e. The molecule has 1 N–H and O–H groups in total. The van der Waals surface area contributed by atoms with Crippen molar-refractivity contribution in [2.75, 3.05) is 13.2 Å². The van der Waals surface area contributed by atoms with Crippen LogP contribution < -0.4 is 5.32 Å². The number of nitrogens with zero attached hydrogens (tertiary/aromatic N) is 1. The van der Waals surface area contributed by atoms with Gasteiger partial charge in [0.25, 0.3) is 5.69 Å². The summed E-state index contributed by atoms with van der Waals surface area (Å²) in [6.45, 7) is 7.14. The minimum Gasteiger partial charge on any atom is -0.380 e. The van der Waals surface area contributed by atoms with E-state index in [-0.39, 0.29) is 22.7 Å². The number of rotatable bonds is 7. The van der Waals surface area contributed by atoms with Gasteiger partial charge in [-0.05, 0) is 20.8 Å². The van der Waals surface area contributed by atoms with Crippen LogP contribution in [0, 0.1) is 10.1 Å². The van der Waals surface area contributed by atoms with Gasteiger partial charge in [-0.2, -0.15) is 0 Å². The minimum atomic E-state index is -0.347. The van der Waals surface area contributed by atoms with E-state index in [1.165, 1.54) is 6.07 Å². The molecule has 1 rings (SSSR count). The Kier molecular flexibility index (Phi) is 5.74. The molecular formula is C13H20N2O3. The molecule has 0 spiro atoms. The zero-order chi connectivity index (χ0) is 13.5. The van der Waals surface area contributed by atoms with E-state index in [4.69, 9.17) is 4.74 Å². The summed E-state index contributed by atoms with van der Waals surface area (Å²) < 4.78 is 5.31. The standard InChI is InChI=1S/C13H20N2O3/c1-4-18-9-10(2)14-11(3)12-7-5-6-8-13(12)15(16)17/h5-8,10-11,14H,4,9H2,1-3H3. The number of nitro benzene ring substituents is 1. The molecule has 0 amide bonds. The average molecular weight is 252 g/mol. The van der Waals surface area contributed by atoms with E-state index in [9.17, 15) is 10.1 Å². The second kappa shape index (κ2) is 7.08. The van der Waals surface area contributed by atoms with Gasteiger partial charge in [0, 0.05) is 30.3 Å². The van der Waals surface area contributed by atoms with Crippen molar-refractivity contribution in [3.05, 3.63) is 39.9 Å². The van der Waals surface area contributed by atoms with Crippen molar-refractivity contribution in [3.63, 3.8) is 0 Å². The first-order valence-corrected chi connectivity index (χ1v) is 6.13. The molecule has 0 bridgehead atoms. The maximum atomic E-state index is 10.9. The van der Waals surface area contributed by atoms with Gasteiger partial charge in [0.05, 0.1) is 11.5 Å². The van der Waals surface area contributed by atoms with Crippen molar-refractivity contribution in [2.45, 2.75) is 32.9 Å². The summed E-state index contributed by atoms with van der Waals surface area (Å²) in [6.07, 6.45) is 0. The van der Waals surface area contributed by atoms with Crippen LogP contribution in [0.3, 0.4) is 0 Å². The zero-order valence-electron chi connectivity index (χ0n) is 11.1. The highest BCUT2D eigenvalue weighted by Crippen LogP contribution is 2.24. The van der Waals surface area contributed by atoms with E-state index in [0.29, 0.717) is 18.8 Å². The van der Waals surface area contributed by atoms with E-state index in [2.05, 4.69) is 5.32 Å². The molecule has 1 aromatic rings. The molecule has 0 saturated carbocycles. The minimum absolute atomic E-state index is 0.0814. The molecule has 0 radical (unpaired) electrons. The highest BCUT2D eigenvalue weighted by atomic mass is 16.6. The number of benzene rings is 1. The van der Waals surface area contributed by atoms with Gasteiger partial charge in [0.2, 0.25) is 0 Å². The lowest BCUT2D eigenvalue weighted by atomic mass is 10.1. The van der Waals surface area contributed by atoms with Gasteiger partial charge in [-0.25, -0.2) is 0 Å². The summed E-state index contributed by atoms with van der Waals surface area (Å²) in [6, 6.07) is 6.87. The second-order valence-electron chi connectivity index (χ2n) is 4.26. The van der Waals surface area contributed by atoms with Crippen molar-refractivity contribution >= 4 is 5.69 Å².